The van der Waals surface area contributed by atoms with Gasteiger partial charge < -0.3 is 19.0 Å². The fourth-order valence-electron chi connectivity index (χ4n) is 3.90. The molecule has 1 fully saturated rings. The van der Waals surface area contributed by atoms with Crippen molar-refractivity contribution in [1.29, 1.82) is 0 Å². The highest BCUT2D eigenvalue weighted by Gasteiger charge is 2.27. The molecule has 5 rings (SSSR count). The van der Waals surface area contributed by atoms with E-state index in [1.165, 1.54) is 17.4 Å². The van der Waals surface area contributed by atoms with Crippen LogP contribution in [0.3, 0.4) is 0 Å². The lowest BCUT2D eigenvalue weighted by Crippen LogP contribution is -2.50. The number of piperazine rings is 1. The van der Waals surface area contributed by atoms with Gasteiger partial charge in [0.2, 0.25) is 5.71 Å². The summed E-state index contributed by atoms with van der Waals surface area (Å²) in [6, 6.07) is 3.35. The highest BCUT2D eigenvalue weighted by atomic mass is 32.1. The molecule has 5 heterocycles. The fraction of sp³-hybridized carbons (Fsp3) is 0.435. The van der Waals surface area contributed by atoms with Crippen LogP contribution in [0, 0.1) is 13.8 Å². The zero-order chi connectivity index (χ0) is 24.2. The summed E-state index contributed by atoms with van der Waals surface area (Å²) >= 11 is 1.44. The number of anilines is 1. The molecule has 0 saturated carbocycles. The SMILES string of the molecule is Cc1nc2c(C)cc(-c3cc(=O)n4cc(N5CCN(C(=O)OC(C)(C)C)CC5)sc4n3)nc2o1. The number of pyridine rings is 1. The molecule has 0 N–H and O–H groups in total. The minimum Gasteiger partial charge on any atom is -0.444 e. The Hall–Kier alpha value is -3.47. The predicted molar refractivity (Wildman–Crippen MR) is 130 cm³/mol. The van der Waals surface area contributed by atoms with Crippen LogP contribution in [0.2, 0.25) is 0 Å². The fourth-order valence-corrected chi connectivity index (χ4v) is 4.94. The van der Waals surface area contributed by atoms with Crippen molar-refractivity contribution in [2.45, 2.75) is 40.2 Å². The van der Waals surface area contributed by atoms with Crippen LogP contribution in [0.1, 0.15) is 32.2 Å². The first kappa shape index (κ1) is 22.3. The van der Waals surface area contributed by atoms with Crippen molar-refractivity contribution in [2.75, 3.05) is 31.1 Å². The number of hydrogen-bond acceptors (Lipinski definition) is 9. The number of aromatic nitrogens is 4. The molecule has 1 saturated heterocycles. The normalized spacial score (nSPS) is 14.9. The summed E-state index contributed by atoms with van der Waals surface area (Å²) in [5, 5.41) is 0.927. The van der Waals surface area contributed by atoms with Crippen LogP contribution in [-0.2, 0) is 4.74 Å². The van der Waals surface area contributed by atoms with Crippen molar-refractivity contribution >= 4 is 38.6 Å². The average Bonchev–Trinajstić information content (AvgIpc) is 3.36. The van der Waals surface area contributed by atoms with Crippen molar-refractivity contribution in [2.24, 2.45) is 0 Å². The number of oxazole rings is 1. The molecule has 0 spiro atoms. The van der Waals surface area contributed by atoms with Gasteiger partial charge >= 0.3 is 6.09 Å². The minimum absolute atomic E-state index is 0.178. The smallest absolute Gasteiger partial charge is 0.410 e. The van der Waals surface area contributed by atoms with Gasteiger partial charge in [0.1, 0.15) is 16.1 Å². The van der Waals surface area contributed by atoms with Gasteiger partial charge in [-0.05, 0) is 39.3 Å². The maximum Gasteiger partial charge on any atom is 0.410 e. The van der Waals surface area contributed by atoms with E-state index in [2.05, 4.69) is 14.9 Å². The van der Waals surface area contributed by atoms with Crippen LogP contribution in [0.25, 0.3) is 27.6 Å². The van der Waals surface area contributed by atoms with Crippen molar-refractivity contribution in [1.82, 2.24) is 24.3 Å². The summed E-state index contributed by atoms with van der Waals surface area (Å²) in [6.45, 7) is 11.7. The highest BCUT2D eigenvalue weighted by Crippen LogP contribution is 2.28. The van der Waals surface area contributed by atoms with E-state index in [1.807, 2.05) is 40.0 Å². The predicted octanol–water partition coefficient (Wildman–Crippen LogP) is 3.63. The average molecular weight is 483 g/mol. The van der Waals surface area contributed by atoms with Gasteiger partial charge in [0.05, 0.1) is 11.4 Å². The quantitative estimate of drug-likeness (QED) is 0.426. The third kappa shape index (κ3) is 4.23. The Bertz CT molecular complexity index is 1460. The molecule has 0 aromatic carbocycles. The number of aryl methyl sites for hydroxylation is 2. The molecule has 0 unspecified atom stereocenters. The number of carbonyl (C=O) groups excluding carboxylic acids is 1. The Morgan fingerprint density at radius 2 is 1.76 bits per heavy atom. The number of thiazole rings is 1. The second-order valence-electron chi connectivity index (χ2n) is 9.37. The Morgan fingerprint density at radius 3 is 2.47 bits per heavy atom. The number of rotatable bonds is 2. The van der Waals surface area contributed by atoms with Crippen molar-refractivity contribution in [3.8, 4) is 11.4 Å². The summed E-state index contributed by atoms with van der Waals surface area (Å²) in [7, 11) is 0. The molecule has 0 radical (unpaired) electrons. The van der Waals surface area contributed by atoms with Crippen LogP contribution in [0.4, 0.5) is 9.80 Å². The largest absolute Gasteiger partial charge is 0.444 e. The van der Waals surface area contributed by atoms with Crippen molar-refractivity contribution in [3.63, 3.8) is 0 Å². The zero-order valence-corrected chi connectivity index (χ0v) is 20.6. The molecule has 4 aromatic rings. The summed E-state index contributed by atoms with van der Waals surface area (Å²) in [6.07, 6.45) is 1.51. The monoisotopic (exact) mass is 482 g/mol. The Balaban J connectivity index is 1.39. The van der Waals surface area contributed by atoms with E-state index in [0.29, 0.717) is 59.6 Å². The number of amides is 1. The molecular weight excluding hydrogens is 456 g/mol. The van der Waals surface area contributed by atoms with Gasteiger partial charge in [-0.25, -0.2) is 19.7 Å². The molecule has 10 nitrogen and oxygen atoms in total. The van der Waals surface area contributed by atoms with E-state index >= 15 is 0 Å². The second kappa shape index (κ2) is 8.08. The van der Waals surface area contributed by atoms with E-state index in [0.717, 1.165) is 10.6 Å². The third-order valence-electron chi connectivity index (χ3n) is 5.53. The summed E-state index contributed by atoms with van der Waals surface area (Å²) in [5.74, 6) is 0.542. The van der Waals surface area contributed by atoms with Crippen molar-refractivity contribution in [3.05, 3.63) is 40.1 Å². The molecule has 4 aromatic heterocycles. The molecular formula is C23H26N6O4S. The van der Waals surface area contributed by atoms with E-state index in [1.54, 1.807) is 16.2 Å². The first-order chi connectivity index (χ1) is 16.1. The summed E-state index contributed by atoms with van der Waals surface area (Å²) < 4.78 is 12.6. The first-order valence-electron chi connectivity index (χ1n) is 11.1. The lowest BCUT2D eigenvalue weighted by Gasteiger charge is -2.35. The standard InChI is InChI=1S/C23H26N6O4S/c1-13-10-15(25-20-19(13)24-14(2)32-20)16-11-17(30)29-12-18(34-21(29)26-16)27-6-8-28(9-7-27)22(31)33-23(3,4)5/h10-12H,6-9H2,1-5H3. The van der Waals surface area contributed by atoms with Gasteiger partial charge in [0.25, 0.3) is 5.56 Å². The molecule has 11 heteroatoms. The van der Waals surface area contributed by atoms with Crippen LogP contribution < -0.4 is 10.5 Å². The van der Waals surface area contributed by atoms with Gasteiger partial charge in [-0.3, -0.25) is 9.20 Å². The lowest BCUT2D eigenvalue weighted by atomic mass is 10.2. The van der Waals surface area contributed by atoms with Gasteiger partial charge in [-0.2, -0.15) is 0 Å². The zero-order valence-electron chi connectivity index (χ0n) is 19.8. The van der Waals surface area contributed by atoms with E-state index < -0.39 is 5.60 Å². The molecule has 0 aliphatic carbocycles. The Morgan fingerprint density at radius 1 is 1.06 bits per heavy atom. The summed E-state index contributed by atoms with van der Waals surface area (Å²) in [5.41, 5.74) is 2.42. The van der Waals surface area contributed by atoms with E-state index in [-0.39, 0.29) is 11.7 Å². The van der Waals surface area contributed by atoms with Gasteiger partial charge in [0, 0.05) is 45.4 Å². The molecule has 34 heavy (non-hydrogen) atoms. The topological polar surface area (TPSA) is 106 Å². The maximum atomic E-state index is 12.9. The van der Waals surface area contributed by atoms with Crippen LogP contribution >= 0.6 is 11.3 Å². The van der Waals surface area contributed by atoms with Crippen LogP contribution in [-0.4, -0.2) is 62.1 Å². The van der Waals surface area contributed by atoms with Gasteiger partial charge in [-0.1, -0.05) is 11.3 Å². The van der Waals surface area contributed by atoms with Crippen molar-refractivity contribution < 1.29 is 13.9 Å². The second-order valence-corrected chi connectivity index (χ2v) is 10.4. The molecule has 0 bridgehead atoms. The third-order valence-corrected chi connectivity index (χ3v) is 6.57. The number of hydrogen-bond donors (Lipinski definition) is 0. The Kier molecular flexibility index (Phi) is 5.31. The first-order valence-corrected chi connectivity index (χ1v) is 11.9. The number of ether oxygens (including phenoxy) is 1. The molecule has 1 amide bonds. The lowest BCUT2D eigenvalue weighted by molar-refractivity contribution is 0.0241. The van der Waals surface area contributed by atoms with E-state index in [4.69, 9.17) is 14.1 Å². The van der Waals surface area contributed by atoms with Crippen LogP contribution in [0.15, 0.2) is 27.5 Å². The molecule has 178 valence electrons. The molecule has 0 atom stereocenters. The van der Waals surface area contributed by atoms with Gasteiger partial charge in [0.15, 0.2) is 10.9 Å². The summed E-state index contributed by atoms with van der Waals surface area (Å²) in [4.78, 5) is 43.3. The van der Waals surface area contributed by atoms with Crippen LogP contribution in [0.5, 0.6) is 0 Å². The maximum absolute atomic E-state index is 12.9. The molecule has 1 aliphatic rings. The number of fused-ring (bicyclic) bond motifs is 2. The Labute approximate surface area is 199 Å². The highest BCUT2D eigenvalue weighted by molar-refractivity contribution is 7.20. The van der Waals surface area contributed by atoms with E-state index in [9.17, 15) is 9.59 Å². The van der Waals surface area contributed by atoms with Gasteiger partial charge in [-0.15, -0.1) is 0 Å². The molecule has 1 aliphatic heterocycles. The number of nitrogens with zero attached hydrogens (tertiary/aromatic N) is 6. The number of carbonyl (C=O) groups is 1. The minimum atomic E-state index is -0.519.